The fraction of sp³-hybridized carbons (Fsp3) is 0.455. The van der Waals surface area contributed by atoms with Crippen molar-refractivity contribution in [1.82, 2.24) is 4.98 Å². The number of nitrogens with zero attached hydrogens (tertiary/aromatic N) is 2. The lowest BCUT2D eigenvalue weighted by Crippen LogP contribution is -2.23. The van der Waals surface area contributed by atoms with Gasteiger partial charge in [-0.2, -0.15) is 0 Å². The summed E-state index contributed by atoms with van der Waals surface area (Å²) in [4.78, 5) is 16.7. The SMILES string of the molecule is CC(C)CN(C)c1cccc(C(=O)O)n1. The van der Waals surface area contributed by atoms with Gasteiger partial charge in [-0.15, -0.1) is 0 Å². The van der Waals surface area contributed by atoms with Crippen LogP contribution in [0.25, 0.3) is 0 Å². The van der Waals surface area contributed by atoms with Crippen LogP contribution in [-0.4, -0.2) is 29.7 Å². The smallest absolute Gasteiger partial charge is 0.354 e. The van der Waals surface area contributed by atoms with E-state index in [-0.39, 0.29) is 5.69 Å². The summed E-state index contributed by atoms with van der Waals surface area (Å²) in [5.74, 6) is 0.226. The Labute approximate surface area is 89.6 Å². The van der Waals surface area contributed by atoms with Crippen LogP contribution in [0.2, 0.25) is 0 Å². The second-order valence-corrected chi connectivity index (χ2v) is 3.96. The Balaban J connectivity index is 2.85. The van der Waals surface area contributed by atoms with Crippen molar-refractivity contribution in [1.29, 1.82) is 0 Å². The standard InChI is InChI=1S/C11H16N2O2/c1-8(2)7-13(3)10-6-4-5-9(12-10)11(14)15/h4-6,8H,7H2,1-3H3,(H,14,15). The van der Waals surface area contributed by atoms with Crippen molar-refractivity contribution in [3.05, 3.63) is 23.9 Å². The number of anilines is 1. The van der Waals surface area contributed by atoms with Gasteiger partial charge >= 0.3 is 5.97 Å². The molecule has 0 saturated carbocycles. The van der Waals surface area contributed by atoms with Gasteiger partial charge in [0.15, 0.2) is 5.69 Å². The van der Waals surface area contributed by atoms with Crippen molar-refractivity contribution in [2.45, 2.75) is 13.8 Å². The summed E-state index contributed by atoms with van der Waals surface area (Å²) in [6, 6.07) is 5.02. The number of hydrogen-bond acceptors (Lipinski definition) is 3. The Morgan fingerprint density at radius 3 is 2.73 bits per heavy atom. The number of rotatable bonds is 4. The zero-order valence-corrected chi connectivity index (χ0v) is 9.27. The molecule has 15 heavy (non-hydrogen) atoms. The summed E-state index contributed by atoms with van der Waals surface area (Å²) in [5, 5.41) is 8.79. The number of carboxylic acids is 1. The Kier molecular flexibility index (Phi) is 3.66. The monoisotopic (exact) mass is 208 g/mol. The first-order chi connectivity index (χ1) is 7.00. The van der Waals surface area contributed by atoms with Gasteiger partial charge in [-0.05, 0) is 18.1 Å². The van der Waals surface area contributed by atoms with Crippen molar-refractivity contribution in [2.24, 2.45) is 5.92 Å². The third-order valence-corrected chi connectivity index (χ3v) is 1.98. The van der Waals surface area contributed by atoms with E-state index in [0.717, 1.165) is 6.54 Å². The molecule has 0 atom stereocenters. The van der Waals surface area contributed by atoms with Crippen molar-refractivity contribution < 1.29 is 9.90 Å². The first-order valence-corrected chi connectivity index (χ1v) is 4.92. The lowest BCUT2D eigenvalue weighted by Gasteiger charge is -2.20. The third-order valence-electron chi connectivity index (χ3n) is 1.98. The van der Waals surface area contributed by atoms with E-state index in [4.69, 9.17) is 5.11 Å². The molecule has 0 aliphatic heterocycles. The highest BCUT2D eigenvalue weighted by atomic mass is 16.4. The van der Waals surface area contributed by atoms with Crippen LogP contribution in [0.1, 0.15) is 24.3 Å². The molecule has 4 heteroatoms. The molecule has 4 nitrogen and oxygen atoms in total. The average molecular weight is 208 g/mol. The van der Waals surface area contributed by atoms with Crippen LogP contribution >= 0.6 is 0 Å². The van der Waals surface area contributed by atoms with E-state index in [2.05, 4.69) is 18.8 Å². The minimum atomic E-state index is -0.991. The normalized spacial score (nSPS) is 10.4. The molecule has 0 unspecified atom stereocenters. The summed E-state index contributed by atoms with van der Waals surface area (Å²) >= 11 is 0. The third kappa shape index (κ3) is 3.23. The highest BCUT2D eigenvalue weighted by Crippen LogP contribution is 2.11. The second-order valence-electron chi connectivity index (χ2n) is 3.96. The molecule has 0 saturated heterocycles. The highest BCUT2D eigenvalue weighted by molar-refractivity contribution is 5.85. The zero-order valence-electron chi connectivity index (χ0n) is 9.27. The van der Waals surface area contributed by atoms with E-state index < -0.39 is 5.97 Å². The minimum absolute atomic E-state index is 0.0862. The van der Waals surface area contributed by atoms with E-state index in [1.165, 1.54) is 6.07 Å². The van der Waals surface area contributed by atoms with Crippen molar-refractivity contribution >= 4 is 11.8 Å². The largest absolute Gasteiger partial charge is 0.477 e. The van der Waals surface area contributed by atoms with Crippen LogP contribution in [0.4, 0.5) is 5.82 Å². The van der Waals surface area contributed by atoms with Crippen molar-refractivity contribution in [2.75, 3.05) is 18.5 Å². The van der Waals surface area contributed by atoms with Crippen LogP contribution < -0.4 is 4.90 Å². The number of pyridine rings is 1. The summed E-state index contributed by atoms with van der Waals surface area (Å²) in [6.45, 7) is 5.07. The molecule has 1 aromatic rings. The van der Waals surface area contributed by atoms with E-state index in [1.54, 1.807) is 6.07 Å². The lowest BCUT2D eigenvalue weighted by atomic mass is 10.2. The second kappa shape index (κ2) is 4.77. The molecule has 0 amide bonds. The van der Waals surface area contributed by atoms with E-state index in [9.17, 15) is 4.79 Å². The van der Waals surface area contributed by atoms with E-state index in [1.807, 2.05) is 18.0 Å². The van der Waals surface area contributed by atoms with E-state index >= 15 is 0 Å². The first kappa shape index (κ1) is 11.5. The fourth-order valence-corrected chi connectivity index (χ4v) is 1.40. The molecule has 0 aliphatic rings. The Morgan fingerprint density at radius 2 is 2.20 bits per heavy atom. The van der Waals surface area contributed by atoms with Gasteiger partial charge in [0.25, 0.3) is 0 Å². The van der Waals surface area contributed by atoms with Gasteiger partial charge < -0.3 is 10.0 Å². The van der Waals surface area contributed by atoms with Crippen molar-refractivity contribution in [3.8, 4) is 0 Å². The molecule has 1 rings (SSSR count). The minimum Gasteiger partial charge on any atom is -0.477 e. The number of carboxylic acid groups (broad SMARTS) is 1. The molecule has 0 spiro atoms. The Hall–Kier alpha value is -1.58. The summed E-state index contributed by atoms with van der Waals surface area (Å²) in [7, 11) is 1.91. The molecule has 0 fully saturated rings. The first-order valence-electron chi connectivity index (χ1n) is 4.92. The van der Waals surface area contributed by atoms with Crippen molar-refractivity contribution in [3.63, 3.8) is 0 Å². The van der Waals surface area contributed by atoms with Gasteiger partial charge in [0.1, 0.15) is 5.82 Å². The van der Waals surface area contributed by atoms with Crippen LogP contribution in [0.3, 0.4) is 0 Å². The molecular weight excluding hydrogens is 192 g/mol. The topological polar surface area (TPSA) is 53.4 Å². The van der Waals surface area contributed by atoms with Gasteiger partial charge in [0, 0.05) is 13.6 Å². The molecule has 1 N–H and O–H groups in total. The Bertz CT molecular complexity index is 350. The van der Waals surface area contributed by atoms with Crippen LogP contribution in [0.5, 0.6) is 0 Å². The lowest BCUT2D eigenvalue weighted by molar-refractivity contribution is 0.0690. The maximum Gasteiger partial charge on any atom is 0.354 e. The van der Waals surface area contributed by atoms with Crippen LogP contribution in [-0.2, 0) is 0 Å². The molecule has 1 aromatic heterocycles. The molecule has 1 heterocycles. The maximum absolute atomic E-state index is 10.7. The molecule has 0 aliphatic carbocycles. The fourth-order valence-electron chi connectivity index (χ4n) is 1.40. The maximum atomic E-state index is 10.7. The molecule has 0 bridgehead atoms. The van der Waals surface area contributed by atoms with Gasteiger partial charge in [-0.3, -0.25) is 0 Å². The summed E-state index contributed by atoms with van der Waals surface area (Å²) in [6.07, 6.45) is 0. The number of aromatic carboxylic acids is 1. The van der Waals surface area contributed by atoms with Crippen LogP contribution in [0, 0.1) is 5.92 Å². The number of hydrogen-bond donors (Lipinski definition) is 1. The number of carbonyl (C=O) groups is 1. The van der Waals surface area contributed by atoms with Gasteiger partial charge in [0.2, 0.25) is 0 Å². The molecular formula is C11H16N2O2. The summed E-state index contributed by atoms with van der Waals surface area (Å²) in [5.41, 5.74) is 0.0862. The molecule has 0 radical (unpaired) electrons. The predicted molar refractivity (Wildman–Crippen MR) is 59.3 cm³/mol. The average Bonchev–Trinajstić information content (AvgIpc) is 2.17. The van der Waals surface area contributed by atoms with Crippen LogP contribution in [0.15, 0.2) is 18.2 Å². The van der Waals surface area contributed by atoms with Gasteiger partial charge in [0.05, 0.1) is 0 Å². The molecule has 82 valence electrons. The quantitative estimate of drug-likeness (QED) is 0.820. The highest BCUT2D eigenvalue weighted by Gasteiger charge is 2.08. The zero-order chi connectivity index (χ0) is 11.4. The summed E-state index contributed by atoms with van der Waals surface area (Å²) < 4.78 is 0. The van der Waals surface area contributed by atoms with E-state index in [0.29, 0.717) is 11.7 Å². The Morgan fingerprint density at radius 1 is 1.53 bits per heavy atom. The molecule has 0 aromatic carbocycles. The predicted octanol–water partition coefficient (Wildman–Crippen LogP) is 1.87. The van der Waals surface area contributed by atoms with Gasteiger partial charge in [-0.1, -0.05) is 19.9 Å². The number of aromatic nitrogens is 1. The van der Waals surface area contributed by atoms with Gasteiger partial charge in [-0.25, -0.2) is 9.78 Å².